The van der Waals surface area contributed by atoms with Gasteiger partial charge in [-0.3, -0.25) is 4.79 Å². The fourth-order valence-corrected chi connectivity index (χ4v) is 1.30. The van der Waals surface area contributed by atoms with E-state index >= 15 is 0 Å². The Morgan fingerprint density at radius 3 is 3.07 bits per heavy atom. The number of Topliss-reactive ketones (excluding diaryl/α,β-unsaturated/α-hetero) is 1. The largest absolute Gasteiger partial charge is 0.454 e. The van der Waals surface area contributed by atoms with E-state index in [1.165, 1.54) is 13.0 Å². The topological polar surface area (TPSA) is 47.6 Å². The van der Waals surface area contributed by atoms with Crippen LogP contribution in [0.3, 0.4) is 0 Å². The van der Waals surface area contributed by atoms with E-state index < -0.39 is 12.8 Å². The third kappa shape index (κ3) is 1.80. The van der Waals surface area contributed by atoms with Crippen molar-refractivity contribution < 1.29 is 17.0 Å². The Morgan fingerprint density at radius 1 is 1.60 bits per heavy atom. The van der Waals surface area contributed by atoms with Crippen molar-refractivity contribution in [2.24, 2.45) is 0 Å². The quantitative estimate of drug-likeness (QED) is 0.760. The predicted octanol–water partition coefficient (Wildman–Crippen LogP) is 1.21. The minimum Gasteiger partial charge on any atom is -0.454 e. The van der Waals surface area contributed by atoms with Crippen molar-refractivity contribution in [1.29, 1.82) is 0 Å². The SMILES string of the molecule is [2H]C1Oc2ccc(C(=O)[C@]([2H])(C)NC)cc2O1. The Morgan fingerprint density at radius 2 is 2.33 bits per heavy atom. The molecule has 2 rings (SSSR count). The highest BCUT2D eigenvalue weighted by Crippen LogP contribution is 2.32. The number of benzene rings is 1. The maximum absolute atomic E-state index is 12.0. The predicted molar refractivity (Wildman–Crippen MR) is 55.4 cm³/mol. The average molecular weight is 209 g/mol. The van der Waals surface area contributed by atoms with E-state index in [4.69, 9.17) is 12.2 Å². The van der Waals surface area contributed by atoms with E-state index in [-0.39, 0.29) is 5.78 Å². The van der Waals surface area contributed by atoms with Crippen molar-refractivity contribution in [1.82, 2.24) is 5.32 Å². The fraction of sp³-hybridized carbons (Fsp3) is 0.364. The number of carbonyl (C=O) groups excluding carboxylic acids is 1. The molecule has 80 valence electrons. The van der Waals surface area contributed by atoms with E-state index in [0.717, 1.165) is 0 Å². The number of carbonyl (C=O) groups is 1. The molecule has 4 nitrogen and oxygen atoms in total. The van der Waals surface area contributed by atoms with Crippen molar-refractivity contribution in [2.45, 2.75) is 12.9 Å². The molecule has 0 spiro atoms. The summed E-state index contributed by atoms with van der Waals surface area (Å²) in [6.45, 7) is 0.398. The summed E-state index contributed by atoms with van der Waals surface area (Å²) < 4.78 is 25.1. The van der Waals surface area contributed by atoms with Crippen LogP contribution in [-0.4, -0.2) is 25.6 Å². The molecule has 0 saturated heterocycles. The molecule has 1 aromatic rings. The van der Waals surface area contributed by atoms with Crippen LogP contribution in [0, 0.1) is 0 Å². The summed E-state index contributed by atoms with van der Waals surface area (Å²) in [5.74, 6) is 0.445. The van der Waals surface area contributed by atoms with Gasteiger partial charge in [0.25, 0.3) is 0 Å². The lowest BCUT2D eigenvalue weighted by Crippen LogP contribution is -2.30. The summed E-state index contributed by atoms with van der Waals surface area (Å²) in [4.78, 5) is 12.0. The Balaban J connectivity index is 2.31. The van der Waals surface area contributed by atoms with Gasteiger partial charge in [0.05, 0.1) is 7.39 Å². The van der Waals surface area contributed by atoms with Crippen molar-refractivity contribution in [3.63, 3.8) is 0 Å². The lowest BCUT2D eigenvalue weighted by molar-refractivity contribution is 0.0954. The third-order valence-electron chi connectivity index (χ3n) is 2.27. The Kier molecular flexibility index (Phi) is 2.00. The van der Waals surface area contributed by atoms with Crippen molar-refractivity contribution >= 4 is 5.78 Å². The molecule has 0 amide bonds. The number of ether oxygens (including phenoxy) is 2. The summed E-state index contributed by atoms with van der Waals surface area (Å²) >= 11 is 0. The monoisotopic (exact) mass is 209 g/mol. The molecular formula is C11H13NO3. The molecule has 1 aromatic carbocycles. The molecule has 1 heterocycles. The number of hydrogen-bond donors (Lipinski definition) is 1. The van der Waals surface area contributed by atoms with Crippen LogP contribution in [0.5, 0.6) is 11.5 Å². The van der Waals surface area contributed by atoms with E-state index in [2.05, 4.69) is 5.32 Å². The number of rotatable bonds is 3. The normalized spacial score (nSPS) is 24.0. The first-order valence-corrected chi connectivity index (χ1v) is 4.57. The van der Waals surface area contributed by atoms with Gasteiger partial charge >= 0.3 is 0 Å². The minimum absolute atomic E-state index is 0.355. The first-order chi connectivity index (χ1) is 7.94. The molecule has 15 heavy (non-hydrogen) atoms. The van der Waals surface area contributed by atoms with Crippen LogP contribution in [0.15, 0.2) is 18.2 Å². The van der Waals surface area contributed by atoms with Crippen LogP contribution >= 0.6 is 0 Å². The second-order valence-electron chi connectivity index (χ2n) is 3.20. The number of hydrogen-bond acceptors (Lipinski definition) is 4. The number of fused-ring (bicyclic) bond motifs is 1. The van der Waals surface area contributed by atoms with Crippen LogP contribution in [-0.2, 0) is 0 Å². The summed E-state index contributed by atoms with van der Waals surface area (Å²) in [6.07, 6.45) is 0. The average Bonchev–Trinajstić information content (AvgIpc) is 2.66. The van der Waals surface area contributed by atoms with Crippen LogP contribution in [0.25, 0.3) is 0 Å². The van der Waals surface area contributed by atoms with Crippen molar-refractivity contribution in [3.8, 4) is 11.5 Å². The Bertz CT molecular complexity index is 462. The molecule has 1 aliphatic heterocycles. The van der Waals surface area contributed by atoms with Crippen LogP contribution in [0.2, 0.25) is 0 Å². The van der Waals surface area contributed by atoms with Gasteiger partial charge in [0.2, 0.25) is 6.77 Å². The van der Waals surface area contributed by atoms with Gasteiger partial charge in [0.15, 0.2) is 17.3 Å². The van der Waals surface area contributed by atoms with Gasteiger partial charge in [-0.15, -0.1) is 0 Å². The molecule has 1 unspecified atom stereocenters. The van der Waals surface area contributed by atoms with Gasteiger partial charge in [-0.05, 0) is 32.2 Å². The minimum atomic E-state index is -1.38. The molecule has 0 radical (unpaired) electrons. The molecule has 4 heteroatoms. The smallest absolute Gasteiger partial charge is 0.231 e. The van der Waals surface area contributed by atoms with Gasteiger partial charge in [0, 0.05) is 5.56 Å². The van der Waals surface area contributed by atoms with Crippen LogP contribution in [0.1, 0.15) is 20.0 Å². The van der Waals surface area contributed by atoms with Gasteiger partial charge in [0.1, 0.15) is 1.37 Å². The molecule has 0 aromatic heterocycles. The fourth-order valence-electron chi connectivity index (χ4n) is 1.30. The summed E-state index contributed by atoms with van der Waals surface area (Å²) in [5.41, 5.74) is 0.355. The van der Waals surface area contributed by atoms with Crippen LogP contribution in [0.4, 0.5) is 0 Å². The summed E-state index contributed by atoms with van der Waals surface area (Å²) in [7, 11) is 1.55. The second kappa shape index (κ2) is 3.90. The lowest BCUT2D eigenvalue weighted by Gasteiger charge is -2.09. The highest BCUT2D eigenvalue weighted by Gasteiger charge is 2.18. The molecule has 1 N–H and O–H groups in total. The lowest BCUT2D eigenvalue weighted by atomic mass is 10.1. The summed E-state index contributed by atoms with van der Waals surface area (Å²) in [6, 6.07) is 3.25. The first kappa shape index (κ1) is 7.70. The van der Waals surface area contributed by atoms with Gasteiger partial charge in [-0.1, -0.05) is 0 Å². The van der Waals surface area contributed by atoms with E-state index in [0.29, 0.717) is 17.1 Å². The molecule has 0 fully saturated rings. The molecule has 0 saturated carbocycles. The Hall–Kier alpha value is -1.55. The molecule has 2 atom stereocenters. The van der Waals surface area contributed by atoms with Gasteiger partial charge in [-0.2, -0.15) is 0 Å². The van der Waals surface area contributed by atoms with Gasteiger partial charge in [-0.25, -0.2) is 0 Å². The zero-order valence-electron chi connectivity index (χ0n) is 10.5. The summed E-state index contributed by atoms with van der Waals surface area (Å²) in [5, 5.41) is 2.62. The third-order valence-corrected chi connectivity index (χ3v) is 2.27. The van der Waals surface area contributed by atoms with E-state index in [9.17, 15) is 4.79 Å². The van der Waals surface area contributed by atoms with Crippen molar-refractivity contribution in [2.75, 3.05) is 13.8 Å². The highest BCUT2D eigenvalue weighted by atomic mass is 16.7. The number of likely N-dealkylation sites (N-methyl/N-ethyl adjacent to an activating group) is 1. The number of nitrogens with one attached hydrogen (secondary N) is 1. The second-order valence-corrected chi connectivity index (χ2v) is 3.20. The maximum Gasteiger partial charge on any atom is 0.231 e. The maximum atomic E-state index is 12.0. The van der Waals surface area contributed by atoms with Crippen LogP contribution < -0.4 is 14.8 Å². The van der Waals surface area contributed by atoms with Crippen molar-refractivity contribution in [3.05, 3.63) is 23.8 Å². The number of ketones is 1. The standard InChI is InChI=1S/C11H13NO3/c1-7(12-2)11(13)8-3-4-9-10(5-8)15-6-14-9/h3-5,7,12H,6H2,1-2H3/t7-/m0/s1/i6D,7D/t6?,7-. The van der Waals surface area contributed by atoms with E-state index in [1.807, 2.05) is 0 Å². The van der Waals surface area contributed by atoms with Gasteiger partial charge < -0.3 is 14.8 Å². The van der Waals surface area contributed by atoms with E-state index in [1.54, 1.807) is 19.2 Å². The highest BCUT2D eigenvalue weighted by molar-refractivity contribution is 6.00. The zero-order valence-corrected chi connectivity index (χ0v) is 8.53. The molecule has 0 aliphatic carbocycles. The first-order valence-electron chi connectivity index (χ1n) is 5.65. The Labute approximate surface area is 91.0 Å². The zero-order chi connectivity index (χ0) is 12.6. The molecular weight excluding hydrogens is 194 g/mol. The molecule has 1 aliphatic rings. The molecule has 0 bridgehead atoms.